The van der Waals surface area contributed by atoms with Crippen molar-refractivity contribution in [3.05, 3.63) is 46.3 Å². The first kappa shape index (κ1) is 15.0. The van der Waals surface area contributed by atoms with Crippen molar-refractivity contribution >= 4 is 21.6 Å². The van der Waals surface area contributed by atoms with Crippen LogP contribution in [0, 0.1) is 13.8 Å². The molecule has 0 atom stereocenters. The number of hydrogen-bond acceptors (Lipinski definition) is 4. The van der Waals surface area contributed by atoms with Gasteiger partial charge in [-0.15, -0.1) is 0 Å². The van der Waals surface area contributed by atoms with Gasteiger partial charge in [-0.2, -0.15) is 4.31 Å². The largest absolute Gasteiger partial charge is 0.360 e. The van der Waals surface area contributed by atoms with E-state index >= 15 is 0 Å². The molecule has 0 N–H and O–H groups in total. The van der Waals surface area contributed by atoms with Gasteiger partial charge in [-0.3, -0.25) is 0 Å². The lowest BCUT2D eigenvalue weighted by atomic mass is 10.2. The van der Waals surface area contributed by atoms with Crippen molar-refractivity contribution in [3.63, 3.8) is 0 Å². The van der Waals surface area contributed by atoms with Gasteiger partial charge in [0.15, 0.2) is 5.76 Å². The molecule has 0 unspecified atom stereocenters. The fraction of sp³-hybridized carbons (Fsp3) is 0.308. The first-order chi connectivity index (χ1) is 9.32. The lowest BCUT2D eigenvalue weighted by Gasteiger charge is -2.17. The van der Waals surface area contributed by atoms with Crippen LogP contribution in [0.2, 0.25) is 5.02 Å². The van der Waals surface area contributed by atoms with E-state index in [9.17, 15) is 8.42 Å². The maximum atomic E-state index is 12.5. The average molecular weight is 315 g/mol. The maximum Gasteiger partial charge on any atom is 0.248 e. The van der Waals surface area contributed by atoms with Crippen molar-refractivity contribution in [2.24, 2.45) is 0 Å². The fourth-order valence-electron chi connectivity index (χ4n) is 1.93. The predicted molar refractivity (Wildman–Crippen MR) is 76.1 cm³/mol. The molecule has 0 bridgehead atoms. The predicted octanol–water partition coefficient (Wildman–Crippen LogP) is 2.77. The molecule has 0 aliphatic rings. The number of benzene rings is 1. The second-order valence-corrected chi connectivity index (χ2v) is 6.96. The fourth-order valence-corrected chi connectivity index (χ4v) is 3.50. The molecule has 2 rings (SSSR count). The van der Waals surface area contributed by atoms with Crippen molar-refractivity contribution in [1.29, 1.82) is 0 Å². The minimum Gasteiger partial charge on any atom is -0.360 e. The Balaban J connectivity index is 2.28. The van der Waals surface area contributed by atoms with Crippen molar-refractivity contribution < 1.29 is 12.9 Å². The van der Waals surface area contributed by atoms with E-state index in [4.69, 9.17) is 16.1 Å². The maximum absolute atomic E-state index is 12.5. The van der Waals surface area contributed by atoms with Gasteiger partial charge in [0, 0.05) is 18.6 Å². The molecule has 5 nitrogen and oxygen atoms in total. The van der Waals surface area contributed by atoms with Crippen LogP contribution in [0.4, 0.5) is 0 Å². The SMILES string of the molecule is Cc1noc(C)c1S(=O)(=O)N(C)Cc1ccc(Cl)cc1. The Labute approximate surface area is 123 Å². The average Bonchev–Trinajstić information content (AvgIpc) is 2.72. The van der Waals surface area contributed by atoms with E-state index in [1.807, 2.05) is 0 Å². The number of rotatable bonds is 4. The standard InChI is InChI=1S/C13H15ClN2O3S/c1-9-13(10(2)19-15-9)20(17,18)16(3)8-11-4-6-12(14)7-5-11/h4-7H,8H2,1-3H3. The first-order valence-corrected chi connectivity index (χ1v) is 7.78. The van der Waals surface area contributed by atoms with Crippen molar-refractivity contribution in [2.75, 3.05) is 7.05 Å². The van der Waals surface area contributed by atoms with Crippen LogP contribution in [0.3, 0.4) is 0 Å². The Kier molecular flexibility index (Phi) is 4.17. The summed E-state index contributed by atoms with van der Waals surface area (Å²) < 4.78 is 31.2. The molecule has 2 aromatic rings. The topological polar surface area (TPSA) is 63.4 Å². The van der Waals surface area contributed by atoms with Crippen LogP contribution in [0.1, 0.15) is 17.0 Å². The molecule has 0 saturated carbocycles. The summed E-state index contributed by atoms with van der Waals surface area (Å²) in [4.78, 5) is 0.133. The Morgan fingerprint density at radius 3 is 2.35 bits per heavy atom. The van der Waals surface area contributed by atoms with Crippen LogP contribution < -0.4 is 0 Å². The quantitative estimate of drug-likeness (QED) is 0.870. The third-order valence-corrected chi connectivity index (χ3v) is 5.26. The Hall–Kier alpha value is -1.37. The van der Waals surface area contributed by atoms with Gasteiger partial charge in [0.2, 0.25) is 10.0 Å². The number of hydrogen-bond donors (Lipinski definition) is 0. The van der Waals surface area contributed by atoms with Gasteiger partial charge in [-0.25, -0.2) is 8.42 Å². The molecule has 1 aromatic carbocycles. The molecular weight excluding hydrogens is 300 g/mol. The molecule has 0 radical (unpaired) electrons. The van der Waals surface area contributed by atoms with E-state index in [2.05, 4.69) is 5.16 Å². The zero-order chi connectivity index (χ0) is 14.9. The van der Waals surface area contributed by atoms with E-state index in [-0.39, 0.29) is 11.4 Å². The van der Waals surface area contributed by atoms with Crippen LogP contribution in [0.5, 0.6) is 0 Å². The Morgan fingerprint density at radius 1 is 1.25 bits per heavy atom. The van der Waals surface area contributed by atoms with Crippen LogP contribution in [0.15, 0.2) is 33.7 Å². The number of halogens is 1. The molecule has 0 spiro atoms. The molecule has 7 heteroatoms. The summed E-state index contributed by atoms with van der Waals surface area (Å²) in [5, 5.41) is 4.30. The summed E-state index contributed by atoms with van der Waals surface area (Å²) in [7, 11) is -2.10. The lowest BCUT2D eigenvalue weighted by Crippen LogP contribution is -2.27. The normalized spacial score (nSPS) is 12.1. The van der Waals surface area contributed by atoms with E-state index < -0.39 is 10.0 Å². The van der Waals surface area contributed by atoms with E-state index in [1.165, 1.54) is 11.4 Å². The highest BCUT2D eigenvalue weighted by molar-refractivity contribution is 7.89. The molecule has 0 aliphatic carbocycles. The number of nitrogens with zero attached hydrogens (tertiary/aromatic N) is 2. The summed E-state index contributed by atoms with van der Waals surface area (Å²) in [6, 6.07) is 7.05. The zero-order valence-electron chi connectivity index (χ0n) is 11.4. The summed E-state index contributed by atoms with van der Waals surface area (Å²) >= 11 is 5.81. The van der Waals surface area contributed by atoms with Gasteiger partial charge in [0.05, 0.1) is 0 Å². The molecule has 0 aliphatic heterocycles. The summed E-state index contributed by atoms with van der Waals surface area (Å²) in [6.07, 6.45) is 0. The first-order valence-electron chi connectivity index (χ1n) is 5.96. The molecule has 1 heterocycles. The third-order valence-electron chi connectivity index (χ3n) is 2.95. The summed E-state index contributed by atoms with van der Waals surface area (Å²) in [5.41, 5.74) is 1.22. The van der Waals surface area contributed by atoms with E-state index in [0.717, 1.165) is 5.56 Å². The van der Waals surface area contributed by atoms with Crippen LogP contribution >= 0.6 is 11.6 Å². The summed E-state index contributed by atoms with van der Waals surface area (Å²) in [5.74, 6) is 0.297. The number of aromatic nitrogens is 1. The van der Waals surface area contributed by atoms with Crippen molar-refractivity contribution in [2.45, 2.75) is 25.3 Å². The Bertz CT molecular complexity index is 688. The summed E-state index contributed by atoms with van der Waals surface area (Å²) in [6.45, 7) is 3.45. The van der Waals surface area contributed by atoms with Crippen molar-refractivity contribution in [1.82, 2.24) is 9.46 Å². The van der Waals surface area contributed by atoms with Crippen molar-refractivity contribution in [3.8, 4) is 0 Å². The molecule has 20 heavy (non-hydrogen) atoms. The number of sulfonamides is 1. The zero-order valence-corrected chi connectivity index (χ0v) is 13.0. The highest BCUT2D eigenvalue weighted by Crippen LogP contribution is 2.23. The molecule has 0 fully saturated rings. The number of aryl methyl sites for hydroxylation is 2. The molecule has 108 valence electrons. The monoisotopic (exact) mass is 314 g/mol. The van der Waals surface area contributed by atoms with Gasteiger partial charge in [0.25, 0.3) is 0 Å². The van der Waals surface area contributed by atoms with Gasteiger partial charge in [-0.1, -0.05) is 28.9 Å². The van der Waals surface area contributed by atoms with Crippen LogP contribution in [-0.2, 0) is 16.6 Å². The molecule has 0 amide bonds. The van der Waals surface area contributed by atoms with E-state index in [1.54, 1.807) is 38.1 Å². The highest BCUT2D eigenvalue weighted by Gasteiger charge is 2.28. The highest BCUT2D eigenvalue weighted by atomic mass is 35.5. The smallest absolute Gasteiger partial charge is 0.248 e. The lowest BCUT2D eigenvalue weighted by molar-refractivity contribution is 0.389. The minimum atomic E-state index is -3.62. The van der Waals surface area contributed by atoms with Gasteiger partial charge in [-0.05, 0) is 31.5 Å². The van der Waals surface area contributed by atoms with Crippen LogP contribution in [0.25, 0.3) is 0 Å². The van der Waals surface area contributed by atoms with E-state index in [0.29, 0.717) is 16.5 Å². The van der Waals surface area contributed by atoms with Gasteiger partial charge >= 0.3 is 0 Å². The molecule has 0 saturated heterocycles. The Morgan fingerprint density at radius 2 is 1.85 bits per heavy atom. The minimum absolute atomic E-state index is 0.133. The second kappa shape index (κ2) is 5.55. The third kappa shape index (κ3) is 2.87. The molecular formula is C13H15ClN2O3S. The second-order valence-electron chi connectivity index (χ2n) is 4.54. The molecule has 1 aromatic heterocycles. The van der Waals surface area contributed by atoms with Gasteiger partial charge in [0.1, 0.15) is 10.6 Å². The van der Waals surface area contributed by atoms with Crippen LogP contribution in [-0.4, -0.2) is 24.9 Å². The van der Waals surface area contributed by atoms with Gasteiger partial charge < -0.3 is 4.52 Å².